The molecule has 0 unspecified atom stereocenters. The molecule has 8 heteroatoms. The van der Waals surface area contributed by atoms with E-state index in [0.29, 0.717) is 15.1 Å². The second-order valence-electron chi connectivity index (χ2n) is 7.29. The molecule has 0 atom stereocenters. The molecule has 0 fully saturated rings. The lowest BCUT2D eigenvalue weighted by atomic mass is 10.1. The van der Waals surface area contributed by atoms with Gasteiger partial charge in [0.05, 0.1) is 16.4 Å². The van der Waals surface area contributed by atoms with E-state index in [4.69, 9.17) is 39.9 Å². The van der Waals surface area contributed by atoms with Crippen LogP contribution in [0.25, 0.3) is 27.6 Å². The summed E-state index contributed by atoms with van der Waals surface area (Å²) in [5.74, 6) is 0. The van der Waals surface area contributed by atoms with E-state index >= 15 is 0 Å². The minimum Gasteiger partial charge on any atom is -0.231 e. The summed E-state index contributed by atoms with van der Waals surface area (Å²) >= 11 is 20.4. The van der Waals surface area contributed by atoms with Gasteiger partial charge in [-0.2, -0.15) is 5.10 Å². The summed E-state index contributed by atoms with van der Waals surface area (Å²) in [5, 5.41) is 17.4. The Morgan fingerprint density at radius 2 is 1.68 bits per heavy atom. The van der Waals surface area contributed by atoms with Crippen molar-refractivity contribution in [3.8, 4) is 27.6 Å². The smallest absolute Gasteiger partial charge is 0.168 e. The number of hydrogen-bond donors (Lipinski definition) is 0. The molecule has 2 aromatic carbocycles. The predicted molar refractivity (Wildman–Crippen MR) is 131 cm³/mol. The highest BCUT2D eigenvalue weighted by atomic mass is 35.5. The van der Waals surface area contributed by atoms with Crippen LogP contribution in [0.2, 0.25) is 15.1 Å². The zero-order chi connectivity index (χ0) is 22.0. The van der Waals surface area contributed by atoms with Gasteiger partial charge in [0.15, 0.2) is 5.01 Å². The molecule has 0 radical (unpaired) electrons. The number of hydrogen-bond acceptors (Lipinski definition) is 4. The van der Waals surface area contributed by atoms with Crippen LogP contribution in [0.5, 0.6) is 0 Å². The topological polar surface area (TPSA) is 43.6 Å². The van der Waals surface area contributed by atoms with E-state index < -0.39 is 0 Å². The van der Waals surface area contributed by atoms with Crippen LogP contribution in [0.1, 0.15) is 36.8 Å². The van der Waals surface area contributed by atoms with Crippen LogP contribution in [-0.2, 0) is 6.42 Å². The maximum atomic E-state index is 6.54. The number of benzene rings is 2. The van der Waals surface area contributed by atoms with Crippen molar-refractivity contribution in [1.82, 2.24) is 20.0 Å². The van der Waals surface area contributed by atoms with E-state index in [-0.39, 0.29) is 0 Å². The van der Waals surface area contributed by atoms with Crippen LogP contribution >= 0.6 is 46.1 Å². The number of aromatic nitrogens is 4. The molecular weight excluding hydrogens is 471 g/mol. The number of halogens is 3. The Balaban J connectivity index is 1.83. The summed E-state index contributed by atoms with van der Waals surface area (Å²) in [5.41, 5.74) is 4.47. The molecule has 2 aromatic heterocycles. The maximum Gasteiger partial charge on any atom is 0.168 e. The highest BCUT2D eigenvalue weighted by molar-refractivity contribution is 7.14. The third kappa shape index (κ3) is 4.80. The molecule has 0 aliphatic carbocycles. The number of nitrogens with zero attached hydrogens (tertiary/aromatic N) is 4. The molecule has 31 heavy (non-hydrogen) atoms. The normalized spacial score (nSPS) is 11.3. The Bertz CT molecular complexity index is 1200. The van der Waals surface area contributed by atoms with Crippen molar-refractivity contribution in [1.29, 1.82) is 0 Å². The number of unbranched alkanes of at least 4 members (excludes halogenated alkanes) is 2. The summed E-state index contributed by atoms with van der Waals surface area (Å²) in [4.78, 5) is 0. The van der Waals surface area contributed by atoms with E-state index in [0.717, 1.165) is 51.1 Å². The van der Waals surface area contributed by atoms with E-state index in [9.17, 15) is 0 Å². The van der Waals surface area contributed by atoms with Crippen molar-refractivity contribution in [2.75, 3.05) is 0 Å². The Labute approximate surface area is 200 Å². The van der Waals surface area contributed by atoms with Crippen LogP contribution in [-0.4, -0.2) is 20.0 Å². The second-order valence-corrected chi connectivity index (χ2v) is 9.64. The SMILES string of the molecule is CCCCCc1nnc(-c2nn(-c3ccc(Cl)cc3Cl)c(-c3ccc(Cl)cc3)c2C)s1. The van der Waals surface area contributed by atoms with Crippen LogP contribution in [0.15, 0.2) is 42.5 Å². The van der Waals surface area contributed by atoms with Gasteiger partial charge in [0, 0.05) is 27.6 Å². The molecule has 4 aromatic rings. The summed E-state index contributed by atoms with van der Waals surface area (Å²) in [7, 11) is 0. The fraction of sp³-hybridized carbons (Fsp3) is 0.261. The molecule has 0 amide bonds. The van der Waals surface area contributed by atoms with Gasteiger partial charge in [-0.1, -0.05) is 78.0 Å². The molecule has 2 heterocycles. The molecule has 0 bridgehead atoms. The minimum atomic E-state index is 0.522. The van der Waals surface area contributed by atoms with Gasteiger partial charge < -0.3 is 0 Å². The van der Waals surface area contributed by atoms with E-state index in [1.807, 2.05) is 48.0 Å². The Kier molecular flexibility index (Phi) is 6.97. The van der Waals surface area contributed by atoms with Crippen LogP contribution in [0.3, 0.4) is 0 Å². The van der Waals surface area contributed by atoms with Gasteiger partial charge >= 0.3 is 0 Å². The van der Waals surface area contributed by atoms with Crippen molar-refractivity contribution in [3.63, 3.8) is 0 Å². The molecule has 0 saturated carbocycles. The first-order chi connectivity index (χ1) is 15.0. The van der Waals surface area contributed by atoms with Crippen molar-refractivity contribution >= 4 is 46.1 Å². The average Bonchev–Trinajstić information content (AvgIpc) is 3.33. The van der Waals surface area contributed by atoms with Gasteiger partial charge in [-0.25, -0.2) is 4.68 Å². The fourth-order valence-corrected chi connectivity index (χ4v) is 4.99. The lowest BCUT2D eigenvalue weighted by Gasteiger charge is -2.11. The van der Waals surface area contributed by atoms with E-state index in [1.165, 1.54) is 12.8 Å². The monoisotopic (exact) mass is 490 g/mol. The molecule has 160 valence electrons. The molecule has 0 N–H and O–H groups in total. The lowest BCUT2D eigenvalue weighted by Crippen LogP contribution is -2.00. The minimum absolute atomic E-state index is 0.522. The van der Waals surface area contributed by atoms with Gasteiger partial charge in [0.25, 0.3) is 0 Å². The quantitative estimate of drug-likeness (QED) is 0.245. The highest BCUT2D eigenvalue weighted by Gasteiger charge is 2.22. The van der Waals surface area contributed by atoms with Crippen molar-refractivity contribution in [3.05, 3.63) is 68.1 Å². The Morgan fingerprint density at radius 3 is 2.39 bits per heavy atom. The van der Waals surface area contributed by atoms with Crippen molar-refractivity contribution in [2.24, 2.45) is 0 Å². The lowest BCUT2D eigenvalue weighted by molar-refractivity contribution is 0.710. The van der Waals surface area contributed by atoms with Gasteiger partial charge in [-0.05, 0) is 43.7 Å². The average molecular weight is 492 g/mol. The predicted octanol–water partition coefficient (Wildman–Crippen LogP) is 8.06. The Hall–Kier alpha value is -1.92. The largest absolute Gasteiger partial charge is 0.231 e. The maximum absolute atomic E-state index is 6.54. The molecule has 4 nitrogen and oxygen atoms in total. The summed E-state index contributed by atoms with van der Waals surface area (Å²) in [6, 6.07) is 13.1. The highest BCUT2D eigenvalue weighted by Crippen LogP contribution is 2.37. The molecule has 0 spiro atoms. The molecule has 4 rings (SSSR count). The first-order valence-corrected chi connectivity index (χ1v) is 12.1. The van der Waals surface area contributed by atoms with Crippen molar-refractivity contribution in [2.45, 2.75) is 39.5 Å². The molecule has 0 aliphatic heterocycles. The third-order valence-corrected chi connectivity index (χ3v) is 6.82. The van der Waals surface area contributed by atoms with Crippen LogP contribution < -0.4 is 0 Å². The summed E-state index contributed by atoms with van der Waals surface area (Å²) in [6.07, 6.45) is 4.44. The van der Waals surface area contributed by atoms with Crippen LogP contribution in [0.4, 0.5) is 0 Å². The zero-order valence-electron chi connectivity index (χ0n) is 17.2. The van der Waals surface area contributed by atoms with Crippen molar-refractivity contribution < 1.29 is 0 Å². The summed E-state index contributed by atoms with van der Waals surface area (Å²) < 4.78 is 1.85. The number of aryl methyl sites for hydroxylation is 1. The van der Waals surface area contributed by atoms with E-state index in [1.54, 1.807) is 17.4 Å². The third-order valence-electron chi connectivity index (χ3n) is 5.04. The Morgan fingerprint density at radius 1 is 0.935 bits per heavy atom. The van der Waals surface area contributed by atoms with Gasteiger partial charge in [0.1, 0.15) is 10.7 Å². The van der Waals surface area contributed by atoms with Gasteiger partial charge in [-0.15, -0.1) is 10.2 Å². The standard InChI is InChI=1S/C23H21Cl3N4S/c1-3-4-5-6-20-27-28-23(31-20)21-14(2)22(15-7-9-16(24)10-8-15)30(29-21)19-12-11-17(25)13-18(19)26/h7-13H,3-6H2,1-2H3. The van der Waals surface area contributed by atoms with E-state index in [2.05, 4.69) is 17.1 Å². The zero-order valence-corrected chi connectivity index (χ0v) is 20.3. The molecule has 0 aliphatic rings. The second kappa shape index (κ2) is 9.70. The first-order valence-electron chi connectivity index (χ1n) is 10.1. The van der Waals surface area contributed by atoms with Gasteiger partial charge in [-0.3, -0.25) is 0 Å². The first kappa shape index (κ1) is 22.3. The van der Waals surface area contributed by atoms with Gasteiger partial charge in [0.2, 0.25) is 0 Å². The molecular formula is C23H21Cl3N4S. The number of rotatable bonds is 7. The van der Waals surface area contributed by atoms with Crippen LogP contribution in [0, 0.1) is 6.92 Å². The summed E-state index contributed by atoms with van der Waals surface area (Å²) in [6.45, 7) is 4.24. The fourth-order valence-electron chi connectivity index (χ4n) is 3.45. The molecule has 0 saturated heterocycles.